The van der Waals surface area contributed by atoms with Gasteiger partial charge >= 0.3 is 5.97 Å². The summed E-state index contributed by atoms with van der Waals surface area (Å²) in [7, 11) is 0. The number of ether oxygens (including phenoxy) is 1. The molecule has 0 aromatic heterocycles. The van der Waals surface area contributed by atoms with Crippen molar-refractivity contribution >= 4 is 11.7 Å². The number of aliphatic hydroxyl groups excluding tert-OH is 1. The van der Waals surface area contributed by atoms with Crippen molar-refractivity contribution in [2.24, 2.45) is 5.92 Å². The van der Waals surface area contributed by atoms with Gasteiger partial charge in [-0.15, -0.1) is 0 Å². The molecule has 0 aliphatic heterocycles. The third kappa shape index (κ3) is 3.39. The second kappa shape index (κ2) is 5.58. The minimum Gasteiger partial charge on any atom is -0.462 e. The zero-order valence-electron chi connectivity index (χ0n) is 9.24. The van der Waals surface area contributed by atoms with Crippen molar-refractivity contribution in [3.63, 3.8) is 0 Å². The first-order valence-corrected chi connectivity index (χ1v) is 4.98. The Morgan fingerprint density at radius 3 is 2.71 bits per heavy atom. The van der Waals surface area contributed by atoms with Crippen molar-refractivity contribution in [3.8, 4) is 0 Å². The number of nitrogen functional groups attached to an aromatic ring is 1. The molecule has 0 bridgehead atoms. The third-order valence-electron chi connectivity index (χ3n) is 2.12. The first-order valence-electron chi connectivity index (χ1n) is 4.98. The van der Waals surface area contributed by atoms with Gasteiger partial charge in [-0.25, -0.2) is 13.6 Å². The van der Waals surface area contributed by atoms with Gasteiger partial charge < -0.3 is 15.6 Å². The summed E-state index contributed by atoms with van der Waals surface area (Å²) >= 11 is 0. The van der Waals surface area contributed by atoms with E-state index in [1.807, 2.05) is 0 Å². The number of nitrogens with two attached hydrogens (primary N) is 1. The molecule has 0 amide bonds. The number of carbonyl (C=O) groups is 1. The minimum atomic E-state index is -1.03. The maximum atomic E-state index is 13.2. The summed E-state index contributed by atoms with van der Waals surface area (Å²) < 4.78 is 30.8. The Morgan fingerprint density at radius 1 is 1.47 bits per heavy atom. The maximum Gasteiger partial charge on any atom is 0.341 e. The smallest absolute Gasteiger partial charge is 0.341 e. The van der Waals surface area contributed by atoms with E-state index in [-0.39, 0.29) is 24.8 Å². The summed E-state index contributed by atoms with van der Waals surface area (Å²) in [4.78, 5) is 11.4. The Hall–Kier alpha value is -1.69. The van der Waals surface area contributed by atoms with Crippen LogP contribution in [-0.2, 0) is 4.74 Å². The Balaban J connectivity index is 2.79. The Morgan fingerprint density at radius 2 is 2.12 bits per heavy atom. The van der Waals surface area contributed by atoms with Crippen LogP contribution in [0.4, 0.5) is 14.5 Å². The summed E-state index contributed by atoms with van der Waals surface area (Å²) in [6.45, 7) is 1.45. The molecular weight excluding hydrogens is 232 g/mol. The summed E-state index contributed by atoms with van der Waals surface area (Å²) in [6.07, 6.45) is 0. The van der Waals surface area contributed by atoms with Gasteiger partial charge in [0.1, 0.15) is 11.6 Å². The van der Waals surface area contributed by atoms with Crippen molar-refractivity contribution in [1.29, 1.82) is 0 Å². The van der Waals surface area contributed by atoms with Crippen LogP contribution in [0, 0.1) is 17.6 Å². The molecule has 1 aromatic rings. The molecule has 17 heavy (non-hydrogen) atoms. The summed E-state index contributed by atoms with van der Waals surface area (Å²) in [5.74, 6) is -3.14. The molecule has 0 saturated carbocycles. The number of hydrogen-bond donors (Lipinski definition) is 2. The molecule has 0 heterocycles. The van der Waals surface area contributed by atoms with E-state index in [0.29, 0.717) is 6.07 Å². The van der Waals surface area contributed by atoms with Crippen LogP contribution in [0.25, 0.3) is 0 Å². The van der Waals surface area contributed by atoms with Gasteiger partial charge in [-0.3, -0.25) is 0 Å². The molecule has 0 saturated heterocycles. The van der Waals surface area contributed by atoms with Crippen molar-refractivity contribution in [1.82, 2.24) is 0 Å². The molecule has 0 spiro atoms. The highest BCUT2D eigenvalue weighted by atomic mass is 19.1. The molecule has 1 unspecified atom stereocenters. The van der Waals surface area contributed by atoms with Crippen molar-refractivity contribution < 1.29 is 23.4 Å². The number of aliphatic hydroxyl groups is 1. The average Bonchev–Trinajstić information content (AvgIpc) is 2.30. The van der Waals surface area contributed by atoms with Crippen LogP contribution < -0.4 is 5.73 Å². The number of halogens is 2. The molecule has 0 aliphatic carbocycles. The zero-order chi connectivity index (χ0) is 13.0. The number of carbonyl (C=O) groups excluding carboxylic acids is 1. The Labute approximate surface area is 97.0 Å². The van der Waals surface area contributed by atoms with Gasteiger partial charge in [0.15, 0.2) is 0 Å². The van der Waals surface area contributed by atoms with E-state index in [1.54, 1.807) is 6.92 Å². The van der Waals surface area contributed by atoms with E-state index in [0.717, 1.165) is 6.07 Å². The molecular formula is C11H13F2NO3. The van der Waals surface area contributed by atoms with Crippen LogP contribution >= 0.6 is 0 Å². The molecule has 94 valence electrons. The first kappa shape index (κ1) is 13.4. The van der Waals surface area contributed by atoms with E-state index in [1.165, 1.54) is 0 Å². The molecule has 1 rings (SSSR count). The zero-order valence-corrected chi connectivity index (χ0v) is 9.24. The van der Waals surface area contributed by atoms with Crippen molar-refractivity contribution in [2.45, 2.75) is 6.92 Å². The summed E-state index contributed by atoms with van der Waals surface area (Å²) in [5, 5.41) is 8.72. The standard InChI is InChI=1S/C11H13F2NO3/c1-6(4-15)5-17-11(16)7-2-10(14)9(13)3-8(7)12/h2-3,6,15H,4-5,14H2,1H3. The highest BCUT2D eigenvalue weighted by Crippen LogP contribution is 2.17. The summed E-state index contributed by atoms with van der Waals surface area (Å²) in [5.41, 5.74) is 4.47. The van der Waals surface area contributed by atoms with E-state index in [4.69, 9.17) is 15.6 Å². The lowest BCUT2D eigenvalue weighted by Gasteiger charge is -2.10. The molecule has 3 N–H and O–H groups in total. The molecule has 0 aliphatic rings. The van der Waals surface area contributed by atoms with Gasteiger partial charge in [-0.05, 0) is 6.07 Å². The Bertz CT molecular complexity index is 423. The lowest BCUT2D eigenvalue weighted by atomic mass is 10.2. The van der Waals surface area contributed by atoms with E-state index >= 15 is 0 Å². The lowest BCUT2D eigenvalue weighted by molar-refractivity contribution is 0.0400. The second-order valence-corrected chi connectivity index (χ2v) is 3.74. The molecule has 0 fully saturated rings. The lowest BCUT2D eigenvalue weighted by Crippen LogP contribution is -2.16. The number of benzene rings is 1. The number of esters is 1. The van der Waals surface area contributed by atoms with Gasteiger partial charge in [0, 0.05) is 18.6 Å². The second-order valence-electron chi connectivity index (χ2n) is 3.74. The van der Waals surface area contributed by atoms with Crippen molar-refractivity contribution in [2.75, 3.05) is 18.9 Å². The van der Waals surface area contributed by atoms with Crippen LogP contribution in [-0.4, -0.2) is 24.3 Å². The first-order chi connectivity index (χ1) is 7.95. The number of anilines is 1. The highest BCUT2D eigenvalue weighted by molar-refractivity contribution is 5.90. The summed E-state index contributed by atoms with van der Waals surface area (Å²) in [6, 6.07) is 1.41. The molecule has 1 aromatic carbocycles. The quantitative estimate of drug-likeness (QED) is 0.620. The van der Waals surface area contributed by atoms with Crippen LogP contribution in [0.5, 0.6) is 0 Å². The minimum absolute atomic E-state index is 0.0495. The van der Waals surface area contributed by atoms with Gasteiger partial charge in [-0.1, -0.05) is 6.92 Å². The predicted molar refractivity (Wildman–Crippen MR) is 57.3 cm³/mol. The topological polar surface area (TPSA) is 72.5 Å². The normalized spacial score (nSPS) is 12.2. The molecule has 0 radical (unpaired) electrons. The monoisotopic (exact) mass is 245 g/mol. The van der Waals surface area contributed by atoms with Crippen LogP contribution in [0.1, 0.15) is 17.3 Å². The highest BCUT2D eigenvalue weighted by Gasteiger charge is 2.17. The largest absolute Gasteiger partial charge is 0.462 e. The van der Waals surface area contributed by atoms with Gasteiger partial charge in [-0.2, -0.15) is 0 Å². The fourth-order valence-electron chi connectivity index (χ4n) is 1.07. The Kier molecular flexibility index (Phi) is 4.39. The SMILES string of the molecule is CC(CO)COC(=O)c1cc(N)c(F)cc1F. The van der Waals surface area contributed by atoms with Crippen LogP contribution in [0.3, 0.4) is 0 Å². The number of rotatable bonds is 4. The third-order valence-corrected chi connectivity index (χ3v) is 2.12. The number of hydrogen-bond acceptors (Lipinski definition) is 4. The molecule has 4 nitrogen and oxygen atoms in total. The van der Waals surface area contributed by atoms with Gasteiger partial charge in [0.25, 0.3) is 0 Å². The van der Waals surface area contributed by atoms with E-state index in [2.05, 4.69) is 0 Å². The van der Waals surface area contributed by atoms with Crippen LogP contribution in [0.2, 0.25) is 0 Å². The van der Waals surface area contributed by atoms with Crippen LogP contribution in [0.15, 0.2) is 12.1 Å². The molecule has 1 atom stereocenters. The van der Waals surface area contributed by atoms with E-state index in [9.17, 15) is 13.6 Å². The fraction of sp³-hybridized carbons (Fsp3) is 0.364. The van der Waals surface area contributed by atoms with E-state index < -0.39 is 23.2 Å². The predicted octanol–water partition coefficient (Wildman–Crippen LogP) is 1.33. The van der Waals surface area contributed by atoms with Gasteiger partial charge in [0.05, 0.1) is 17.9 Å². The fourth-order valence-corrected chi connectivity index (χ4v) is 1.07. The van der Waals surface area contributed by atoms with Crippen molar-refractivity contribution in [3.05, 3.63) is 29.3 Å². The average molecular weight is 245 g/mol. The maximum absolute atomic E-state index is 13.2. The van der Waals surface area contributed by atoms with Gasteiger partial charge in [0.2, 0.25) is 0 Å². The molecule has 6 heteroatoms.